The summed E-state index contributed by atoms with van der Waals surface area (Å²) in [5, 5.41) is 12.1. The molecule has 1 heterocycles. The number of anilines is 1. The van der Waals surface area contributed by atoms with Crippen LogP contribution >= 0.6 is 0 Å². The summed E-state index contributed by atoms with van der Waals surface area (Å²) in [6.45, 7) is 7.06. The standard InChI is InChI=1S/C13H17NO3/c1-13(2,3)11-7-14-9-6-8(12(15)16)4-5-10(9)17-11/h4-6,11,14H,7H2,1-3H3,(H,15,16). The smallest absolute Gasteiger partial charge is 0.335 e. The van der Waals surface area contributed by atoms with E-state index in [0.29, 0.717) is 6.54 Å². The fraction of sp³-hybridized carbons (Fsp3) is 0.462. The molecule has 4 heteroatoms. The van der Waals surface area contributed by atoms with E-state index in [0.717, 1.165) is 11.4 Å². The molecule has 0 spiro atoms. The van der Waals surface area contributed by atoms with E-state index in [1.807, 2.05) is 0 Å². The Morgan fingerprint density at radius 1 is 1.47 bits per heavy atom. The summed E-state index contributed by atoms with van der Waals surface area (Å²) in [5.41, 5.74) is 1.08. The van der Waals surface area contributed by atoms with E-state index in [1.54, 1.807) is 18.2 Å². The average molecular weight is 235 g/mol. The number of aromatic carboxylic acids is 1. The summed E-state index contributed by atoms with van der Waals surface area (Å²) in [4.78, 5) is 10.8. The topological polar surface area (TPSA) is 58.6 Å². The summed E-state index contributed by atoms with van der Waals surface area (Å²) in [7, 11) is 0. The highest BCUT2D eigenvalue weighted by atomic mass is 16.5. The Hall–Kier alpha value is -1.71. The molecule has 0 aromatic heterocycles. The van der Waals surface area contributed by atoms with Gasteiger partial charge in [0.25, 0.3) is 0 Å². The van der Waals surface area contributed by atoms with Crippen molar-refractivity contribution in [2.24, 2.45) is 5.41 Å². The minimum Gasteiger partial charge on any atom is -0.486 e. The third kappa shape index (κ3) is 2.35. The second-order valence-electron chi connectivity index (χ2n) is 5.37. The number of benzene rings is 1. The molecule has 0 fully saturated rings. The molecule has 1 aromatic carbocycles. The molecule has 2 N–H and O–H groups in total. The number of fused-ring (bicyclic) bond motifs is 1. The quantitative estimate of drug-likeness (QED) is 0.785. The number of carboxylic acids is 1. The number of hydrogen-bond acceptors (Lipinski definition) is 3. The second-order valence-corrected chi connectivity index (χ2v) is 5.37. The Morgan fingerprint density at radius 2 is 2.18 bits per heavy atom. The van der Waals surface area contributed by atoms with Gasteiger partial charge >= 0.3 is 5.97 Å². The molecule has 4 nitrogen and oxygen atoms in total. The molecule has 1 atom stereocenters. The van der Waals surface area contributed by atoms with Gasteiger partial charge in [0.2, 0.25) is 0 Å². The van der Waals surface area contributed by atoms with Gasteiger partial charge in [0, 0.05) is 5.41 Å². The van der Waals surface area contributed by atoms with Crippen molar-refractivity contribution in [3.63, 3.8) is 0 Å². The van der Waals surface area contributed by atoms with E-state index in [9.17, 15) is 4.79 Å². The van der Waals surface area contributed by atoms with E-state index in [-0.39, 0.29) is 17.1 Å². The van der Waals surface area contributed by atoms with Crippen molar-refractivity contribution in [2.75, 3.05) is 11.9 Å². The first-order chi connectivity index (χ1) is 7.88. The van der Waals surface area contributed by atoms with Crippen molar-refractivity contribution < 1.29 is 14.6 Å². The lowest BCUT2D eigenvalue weighted by Gasteiger charge is -2.35. The molecule has 2 rings (SSSR count). The van der Waals surface area contributed by atoms with Crippen LogP contribution in [-0.2, 0) is 0 Å². The molecule has 1 aliphatic heterocycles. The van der Waals surface area contributed by atoms with Crippen molar-refractivity contribution in [1.29, 1.82) is 0 Å². The molecule has 17 heavy (non-hydrogen) atoms. The second kappa shape index (κ2) is 3.95. The van der Waals surface area contributed by atoms with Crippen LogP contribution in [-0.4, -0.2) is 23.7 Å². The van der Waals surface area contributed by atoms with E-state index >= 15 is 0 Å². The molecule has 0 radical (unpaired) electrons. The summed E-state index contributed by atoms with van der Waals surface area (Å²) in [5.74, 6) is -0.200. The maximum atomic E-state index is 10.8. The first-order valence-electron chi connectivity index (χ1n) is 5.66. The van der Waals surface area contributed by atoms with Crippen molar-refractivity contribution >= 4 is 11.7 Å². The van der Waals surface area contributed by atoms with Crippen LogP contribution in [0.3, 0.4) is 0 Å². The number of rotatable bonds is 1. The van der Waals surface area contributed by atoms with Gasteiger partial charge in [0.1, 0.15) is 11.9 Å². The van der Waals surface area contributed by atoms with Crippen LogP contribution in [0.15, 0.2) is 18.2 Å². The van der Waals surface area contributed by atoms with Crippen LogP contribution in [0.5, 0.6) is 5.75 Å². The van der Waals surface area contributed by atoms with Gasteiger partial charge in [0.15, 0.2) is 0 Å². The monoisotopic (exact) mass is 235 g/mol. The average Bonchev–Trinajstić information content (AvgIpc) is 2.26. The molecule has 1 unspecified atom stereocenters. The van der Waals surface area contributed by atoms with E-state index in [2.05, 4.69) is 26.1 Å². The number of carboxylic acid groups (broad SMARTS) is 1. The van der Waals surface area contributed by atoms with Gasteiger partial charge in [0.05, 0.1) is 17.8 Å². The van der Waals surface area contributed by atoms with Crippen molar-refractivity contribution in [2.45, 2.75) is 26.9 Å². The lowest BCUT2D eigenvalue weighted by Crippen LogP contribution is -2.41. The van der Waals surface area contributed by atoms with Crippen LogP contribution in [0.2, 0.25) is 0 Å². The normalized spacial score (nSPS) is 18.9. The Labute approximate surface area is 101 Å². The molecule has 0 aliphatic carbocycles. The Balaban J connectivity index is 2.26. The van der Waals surface area contributed by atoms with E-state index in [1.165, 1.54) is 0 Å². The molecule has 0 amide bonds. The van der Waals surface area contributed by atoms with Gasteiger partial charge in [-0.1, -0.05) is 20.8 Å². The number of nitrogens with one attached hydrogen (secondary N) is 1. The predicted octanol–water partition coefficient (Wildman–Crippen LogP) is 2.60. The highest BCUT2D eigenvalue weighted by molar-refractivity contribution is 5.89. The highest BCUT2D eigenvalue weighted by Gasteiger charge is 2.30. The zero-order chi connectivity index (χ0) is 12.6. The molecule has 1 aliphatic rings. The Bertz CT molecular complexity index is 448. The summed E-state index contributed by atoms with van der Waals surface area (Å²) < 4.78 is 5.88. The lowest BCUT2D eigenvalue weighted by molar-refractivity contribution is 0.0696. The third-order valence-electron chi connectivity index (χ3n) is 2.94. The molecule has 0 bridgehead atoms. The van der Waals surface area contributed by atoms with E-state index < -0.39 is 5.97 Å². The maximum Gasteiger partial charge on any atom is 0.335 e. The van der Waals surface area contributed by atoms with Gasteiger partial charge in [-0.25, -0.2) is 4.79 Å². The summed E-state index contributed by atoms with van der Waals surface area (Å²) in [6.07, 6.45) is 0.0886. The van der Waals surface area contributed by atoms with Gasteiger partial charge in [-0.15, -0.1) is 0 Å². The third-order valence-corrected chi connectivity index (χ3v) is 2.94. The molecule has 92 valence electrons. The van der Waals surface area contributed by atoms with Crippen molar-refractivity contribution in [3.05, 3.63) is 23.8 Å². The molecule has 0 saturated heterocycles. The molecular weight excluding hydrogens is 218 g/mol. The van der Waals surface area contributed by atoms with Crippen LogP contribution < -0.4 is 10.1 Å². The SMILES string of the molecule is CC(C)(C)C1CNc2cc(C(=O)O)ccc2O1. The van der Waals surface area contributed by atoms with Crippen molar-refractivity contribution in [1.82, 2.24) is 0 Å². The van der Waals surface area contributed by atoms with Gasteiger partial charge in [-0.3, -0.25) is 0 Å². The van der Waals surface area contributed by atoms with Gasteiger partial charge in [-0.2, -0.15) is 0 Å². The van der Waals surface area contributed by atoms with E-state index in [4.69, 9.17) is 9.84 Å². The van der Waals surface area contributed by atoms with Crippen LogP contribution in [0.4, 0.5) is 5.69 Å². The first kappa shape index (κ1) is 11.8. The largest absolute Gasteiger partial charge is 0.486 e. The number of carbonyl (C=O) groups is 1. The number of hydrogen-bond donors (Lipinski definition) is 2. The van der Waals surface area contributed by atoms with Gasteiger partial charge < -0.3 is 15.2 Å². The minimum atomic E-state index is -0.924. The highest BCUT2D eigenvalue weighted by Crippen LogP contribution is 2.34. The minimum absolute atomic E-state index is 0.0517. The summed E-state index contributed by atoms with van der Waals surface area (Å²) >= 11 is 0. The number of ether oxygens (including phenoxy) is 1. The fourth-order valence-electron chi connectivity index (χ4n) is 1.78. The van der Waals surface area contributed by atoms with Crippen LogP contribution in [0.1, 0.15) is 31.1 Å². The summed E-state index contributed by atoms with van der Waals surface area (Å²) in [6, 6.07) is 4.88. The molecule has 1 aromatic rings. The Morgan fingerprint density at radius 3 is 2.76 bits per heavy atom. The first-order valence-corrected chi connectivity index (χ1v) is 5.66. The zero-order valence-electron chi connectivity index (χ0n) is 10.3. The lowest BCUT2D eigenvalue weighted by atomic mass is 9.88. The molecule has 0 saturated carbocycles. The Kier molecular flexibility index (Phi) is 2.73. The van der Waals surface area contributed by atoms with Crippen LogP contribution in [0, 0.1) is 5.41 Å². The molecular formula is C13H17NO3. The van der Waals surface area contributed by atoms with Crippen LogP contribution in [0.25, 0.3) is 0 Å². The van der Waals surface area contributed by atoms with Crippen molar-refractivity contribution in [3.8, 4) is 5.75 Å². The maximum absolute atomic E-state index is 10.8. The predicted molar refractivity (Wildman–Crippen MR) is 65.8 cm³/mol. The van der Waals surface area contributed by atoms with Gasteiger partial charge in [-0.05, 0) is 18.2 Å². The fourth-order valence-corrected chi connectivity index (χ4v) is 1.78. The zero-order valence-corrected chi connectivity index (χ0v) is 10.3.